The fraction of sp³-hybridized carbons (Fsp3) is 0.353. The smallest absolute Gasteiger partial charge is 0.234 e. The average molecular weight is 314 g/mol. The lowest BCUT2D eigenvalue weighted by Gasteiger charge is -2.15. The Bertz CT molecular complexity index is 602. The van der Waals surface area contributed by atoms with Crippen molar-refractivity contribution in [2.45, 2.75) is 13.0 Å². The van der Waals surface area contributed by atoms with E-state index >= 15 is 0 Å². The summed E-state index contributed by atoms with van der Waals surface area (Å²) < 4.78 is 5.12. The van der Waals surface area contributed by atoms with Gasteiger partial charge in [-0.15, -0.1) is 0 Å². The number of rotatable bonds is 8. The van der Waals surface area contributed by atoms with Gasteiger partial charge in [-0.05, 0) is 31.2 Å². The van der Waals surface area contributed by atoms with Crippen LogP contribution in [0.4, 0.5) is 0 Å². The first-order valence-electron chi connectivity index (χ1n) is 7.50. The molecule has 0 atom stereocenters. The van der Waals surface area contributed by atoms with E-state index in [9.17, 15) is 4.79 Å². The molecule has 23 heavy (non-hydrogen) atoms. The van der Waals surface area contributed by atoms with E-state index < -0.39 is 0 Å². The second-order valence-electron chi connectivity index (χ2n) is 5.32. The molecule has 1 amide bonds. The first kappa shape index (κ1) is 16.9. The lowest BCUT2D eigenvalue weighted by molar-refractivity contribution is -0.122. The van der Waals surface area contributed by atoms with E-state index in [2.05, 4.69) is 15.3 Å². The second kappa shape index (κ2) is 8.85. The van der Waals surface area contributed by atoms with Crippen molar-refractivity contribution in [2.24, 2.45) is 0 Å². The van der Waals surface area contributed by atoms with Gasteiger partial charge in [-0.3, -0.25) is 19.7 Å². The maximum atomic E-state index is 11.9. The van der Waals surface area contributed by atoms with Crippen LogP contribution in [0, 0.1) is 0 Å². The lowest BCUT2D eigenvalue weighted by atomic mass is 10.1. The number of benzene rings is 1. The number of amides is 1. The Balaban J connectivity index is 1.68. The Kier molecular flexibility index (Phi) is 6.50. The fourth-order valence-corrected chi connectivity index (χ4v) is 2.18. The summed E-state index contributed by atoms with van der Waals surface area (Å²) in [5.74, 6) is 0.841. The highest BCUT2D eigenvalue weighted by Crippen LogP contribution is 2.11. The van der Waals surface area contributed by atoms with Gasteiger partial charge in [0.1, 0.15) is 5.75 Å². The van der Waals surface area contributed by atoms with Crippen molar-refractivity contribution < 1.29 is 9.53 Å². The van der Waals surface area contributed by atoms with Crippen LogP contribution in [0.3, 0.4) is 0 Å². The maximum Gasteiger partial charge on any atom is 0.234 e. The standard InChI is InChI=1S/C17H22N4O2/c1-21(12-15-11-18-9-10-19-15)13-17(22)20-8-7-14-3-5-16(23-2)6-4-14/h3-6,9-11H,7-8,12-13H2,1-2H3,(H,20,22). The molecule has 6 heteroatoms. The third-order valence-corrected chi connectivity index (χ3v) is 3.36. The summed E-state index contributed by atoms with van der Waals surface area (Å²) in [5, 5.41) is 2.93. The van der Waals surface area contributed by atoms with Crippen molar-refractivity contribution in [3.8, 4) is 5.75 Å². The highest BCUT2D eigenvalue weighted by atomic mass is 16.5. The summed E-state index contributed by atoms with van der Waals surface area (Å²) in [6.45, 7) is 1.54. The number of likely N-dealkylation sites (N-methyl/N-ethyl adjacent to an activating group) is 1. The van der Waals surface area contributed by atoms with Gasteiger partial charge < -0.3 is 10.1 Å². The summed E-state index contributed by atoms with van der Waals surface area (Å²) in [4.78, 5) is 22.0. The van der Waals surface area contributed by atoms with Crippen LogP contribution < -0.4 is 10.1 Å². The van der Waals surface area contributed by atoms with Crippen LogP contribution in [0.1, 0.15) is 11.3 Å². The predicted molar refractivity (Wildman–Crippen MR) is 88.1 cm³/mol. The van der Waals surface area contributed by atoms with Gasteiger partial charge in [-0.2, -0.15) is 0 Å². The summed E-state index contributed by atoms with van der Waals surface area (Å²) in [7, 11) is 3.53. The summed E-state index contributed by atoms with van der Waals surface area (Å²) >= 11 is 0. The molecule has 0 aliphatic heterocycles. The van der Waals surface area contributed by atoms with Crippen molar-refractivity contribution in [3.05, 3.63) is 54.1 Å². The van der Waals surface area contributed by atoms with E-state index in [1.807, 2.05) is 36.2 Å². The normalized spacial score (nSPS) is 10.6. The molecular formula is C17H22N4O2. The van der Waals surface area contributed by atoms with Gasteiger partial charge in [0.25, 0.3) is 0 Å². The van der Waals surface area contributed by atoms with Crippen molar-refractivity contribution >= 4 is 5.91 Å². The third-order valence-electron chi connectivity index (χ3n) is 3.36. The summed E-state index contributed by atoms with van der Waals surface area (Å²) in [6.07, 6.45) is 5.79. The SMILES string of the molecule is COc1ccc(CCNC(=O)CN(C)Cc2cnccn2)cc1. The highest BCUT2D eigenvalue weighted by molar-refractivity contribution is 5.77. The van der Waals surface area contributed by atoms with Gasteiger partial charge in [0, 0.05) is 31.7 Å². The molecule has 0 spiro atoms. The molecule has 0 saturated heterocycles. The molecule has 1 N–H and O–H groups in total. The molecule has 0 aliphatic rings. The molecule has 0 unspecified atom stereocenters. The second-order valence-corrected chi connectivity index (χ2v) is 5.32. The van der Waals surface area contributed by atoms with E-state index in [1.165, 1.54) is 5.56 Å². The zero-order valence-corrected chi connectivity index (χ0v) is 13.5. The monoisotopic (exact) mass is 314 g/mol. The van der Waals surface area contributed by atoms with Crippen LogP contribution in [0.25, 0.3) is 0 Å². The zero-order valence-electron chi connectivity index (χ0n) is 13.5. The van der Waals surface area contributed by atoms with E-state index in [0.29, 0.717) is 19.6 Å². The number of carbonyl (C=O) groups excluding carboxylic acids is 1. The summed E-state index contributed by atoms with van der Waals surface area (Å²) in [5.41, 5.74) is 2.01. The van der Waals surface area contributed by atoms with Crippen LogP contribution in [0.2, 0.25) is 0 Å². The van der Waals surface area contributed by atoms with Crippen LogP contribution >= 0.6 is 0 Å². The third kappa shape index (κ3) is 6.04. The van der Waals surface area contributed by atoms with Crippen LogP contribution in [-0.2, 0) is 17.8 Å². The molecule has 0 saturated carbocycles. The minimum atomic E-state index is 0.00454. The Morgan fingerprint density at radius 2 is 2.04 bits per heavy atom. The van der Waals surface area contributed by atoms with E-state index in [4.69, 9.17) is 4.74 Å². The lowest BCUT2D eigenvalue weighted by Crippen LogP contribution is -2.36. The number of carbonyl (C=O) groups is 1. The molecule has 0 radical (unpaired) electrons. The van der Waals surface area contributed by atoms with Crippen molar-refractivity contribution in [1.29, 1.82) is 0 Å². The van der Waals surface area contributed by atoms with Crippen LogP contribution in [0.5, 0.6) is 5.75 Å². The number of aromatic nitrogens is 2. The van der Waals surface area contributed by atoms with E-state index in [-0.39, 0.29) is 5.91 Å². The first-order chi connectivity index (χ1) is 11.2. The van der Waals surface area contributed by atoms with Gasteiger partial charge >= 0.3 is 0 Å². The Labute approximate surface area is 136 Å². The molecule has 2 rings (SSSR count). The van der Waals surface area contributed by atoms with Crippen molar-refractivity contribution in [3.63, 3.8) is 0 Å². The minimum Gasteiger partial charge on any atom is -0.497 e. The molecule has 1 aromatic carbocycles. The number of ether oxygens (including phenoxy) is 1. The van der Waals surface area contributed by atoms with Gasteiger partial charge in [-0.1, -0.05) is 12.1 Å². The molecular weight excluding hydrogens is 292 g/mol. The van der Waals surface area contributed by atoms with E-state index in [0.717, 1.165) is 17.9 Å². The number of hydrogen-bond donors (Lipinski definition) is 1. The quantitative estimate of drug-likeness (QED) is 0.795. The molecule has 0 bridgehead atoms. The molecule has 2 aromatic rings. The molecule has 1 aromatic heterocycles. The Morgan fingerprint density at radius 3 is 2.70 bits per heavy atom. The molecule has 122 valence electrons. The largest absolute Gasteiger partial charge is 0.497 e. The van der Waals surface area contributed by atoms with Gasteiger partial charge in [0.2, 0.25) is 5.91 Å². The van der Waals surface area contributed by atoms with E-state index in [1.54, 1.807) is 25.7 Å². The predicted octanol–water partition coefficient (Wildman–Crippen LogP) is 1.28. The van der Waals surface area contributed by atoms with Gasteiger partial charge in [-0.25, -0.2) is 0 Å². The average Bonchev–Trinajstić information content (AvgIpc) is 2.56. The maximum absolute atomic E-state index is 11.9. The number of nitrogens with zero attached hydrogens (tertiary/aromatic N) is 3. The van der Waals surface area contributed by atoms with Crippen LogP contribution in [0.15, 0.2) is 42.9 Å². The number of methoxy groups -OCH3 is 1. The molecule has 0 aliphatic carbocycles. The fourth-order valence-electron chi connectivity index (χ4n) is 2.18. The molecule has 6 nitrogen and oxygen atoms in total. The molecule has 0 fully saturated rings. The van der Waals surface area contributed by atoms with Crippen LogP contribution in [-0.4, -0.2) is 48.0 Å². The minimum absolute atomic E-state index is 0.00454. The number of hydrogen-bond acceptors (Lipinski definition) is 5. The number of nitrogens with one attached hydrogen (secondary N) is 1. The Morgan fingerprint density at radius 1 is 1.26 bits per heavy atom. The van der Waals surface area contributed by atoms with Crippen molar-refractivity contribution in [1.82, 2.24) is 20.2 Å². The topological polar surface area (TPSA) is 67.3 Å². The Hall–Kier alpha value is -2.47. The highest BCUT2D eigenvalue weighted by Gasteiger charge is 2.07. The van der Waals surface area contributed by atoms with Crippen molar-refractivity contribution in [2.75, 3.05) is 27.2 Å². The molecule has 1 heterocycles. The first-order valence-corrected chi connectivity index (χ1v) is 7.50. The summed E-state index contributed by atoms with van der Waals surface area (Å²) in [6, 6.07) is 7.86. The van der Waals surface area contributed by atoms with Gasteiger partial charge in [0.15, 0.2) is 0 Å². The zero-order chi connectivity index (χ0) is 16.5. The van der Waals surface area contributed by atoms with Gasteiger partial charge in [0.05, 0.1) is 19.3 Å².